The minimum atomic E-state index is -0.753. The third-order valence-electron chi connectivity index (χ3n) is 4.46. The van der Waals surface area contributed by atoms with Gasteiger partial charge in [0.25, 0.3) is 0 Å². The molecule has 118 valence electrons. The highest BCUT2D eigenvalue weighted by molar-refractivity contribution is 7.12. The molecule has 1 aromatic rings. The van der Waals surface area contributed by atoms with E-state index in [1.165, 1.54) is 30.6 Å². The summed E-state index contributed by atoms with van der Waals surface area (Å²) in [5.74, 6) is -0.0267. The second-order valence-corrected chi connectivity index (χ2v) is 8.44. The van der Waals surface area contributed by atoms with Gasteiger partial charge < -0.3 is 10.4 Å². The maximum absolute atomic E-state index is 10.7. The first kappa shape index (κ1) is 16.5. The highest BCUT2D eigenvalue weighted by Gasteiger charge is 2.33. The fourth-order valence-corrected chi connectivity index (χ4v) is 4.36. The van der Waals surface area contributed by atoms with Crippen molar-refractivity contribution in [3.63, 3.8) is 0 Å². The lowest BCUT2D eigenvalue weighted by atomic mass is 9.69. The van der Waals surface area contributed by atoms with Crippen LogP contribution >= 0.6 is 11.3 Å². The molecule has 2 N–H and O–H groups in total. The predicted molar refractivity (Wildman–Crippen MR) is 87.7 cm³/mol. The summed E-state index contributed by atoms with van der Waals surface area (Å²) in [7, 11) is 0. The molecule has 4 heteroatoms. The fourth-order valence-electron chi connectivity index (χ4n) is 3.40. The van der Waals surface area contributed by atoms with Gasteiger partial charge in [-0.1, -0.05) is 33.6 Å². The summed E-state index contributed by atoms with van der Waals surface area (Å²) in [6.45, 7) is 7.89. The summed E-state index contributed by atoms with van der Waals surface area (Å²) in [4.78, 5) is 12.9. The van der Waals surface area contributed by atoms with E-state index in [1.54, 1.807) is 11.3 Å². The summed E-state index contributed by atoms with van der Waals surface area (Å²) < 4.78 is 0. The van der Waals surface area contributed by atoms with Crippen molar-refractivity contribution < 1.29 is 9.90 Å². The standard InChI is InChI=1S/C17H27NO2S/c1-17(2,3)14-6-4-5-7-15(14)18-11-13-9-8-12(21-13)10-16(19)20/h8-9,14-15,18H,4-7,10-11H2,1-3H3,(H,19,20). The lowest BCUT2D eigenvalue weighted by Crippen LogP contribution is -2.43. The first-order chi connectivity index (χ1) is 9.86. The molecule has 2 unspecified atom stereocenters. The molecular weight excluding hydrogens is 282 g/mol. The van der Waals surface area contributed by atoms with Crippen LogP contribution in [0.2, 0.25) is 0 Å². The zero-order valence-electron chi connectivity index (χ0n) is 13.3. The Balaban J connectivity index is 1.91. The number of hydrogen-bond acceptors (Lipinski definition) is 3. The zero-order chi connectivity index (χ0) is 15.5. The smallest absolute Gasteiger partial charge is 0.308 e. The van der Waals surface area contributed by atoms with Crippen LogP contribution < -0.4 is 5.32 Å². The van der Waals surface area contributed by atoms with Crippen LogP contribution in [-0.4, -0.2) is 17.1 Å². The Kier molecular flexibility index (Phi) is 5.44. The van der Waals surface area contributed by atoms with Gasteiger partial charge in [0.15, 0.2) is 0 Å². The maximum atomic E-state index is 10.7. The fraction of sp³-hybridized carbons (Fsp3) is 0.706. The van der Waals surface area contributed by atoms with Crippen molar-refractivity contribution in [2.75, 3.05) is 0 Å². The summed E-state index contributed by atoms with van der Waals surface area (Å²) >= 11 is 1.62. The molecule has 0 aliphatic heterocycles. The van der Waals surface area contributed by atoms with Gasteiger partial charge in [0.1, 0.15) is 0 Å². The van der Waals surface area contributed by atoms with Gasteiger partial charge in [0, 0.05) is 22.3 Å². The number of thiophene rings is 1. The molecule has 1 heterocycles. The summed E-state index contributed by atoms with van der Waals surface area (Å²) in [6.07, 6.45) is 5.38. The molecule has 1 fully saturated rings. The minimum absolute atomic E-state index is 0.138. The number of carbonyl (C=O) groups is 1. The average molecular weight is 309 g/mol. The van der Waals surface area contributed by atoms with Crippen molar-refractivity contribution in [3.8, 4) is 0 Å². The van der Waals surface area contributed by atoms with E-state index < -0.39 is 5.97 Å². The van der Waals surface area contributed by atoms with Crippen LogP contribution in [0, 0.1) is 11.3 Å². The topological polar surface area (TPSA) is 49.3 Å². The first-order valence-corrected chi connectivity index (χ1v) is 8.70. The maximum Gasteiger partial charge on any atom is 0.308 e. The van der Waals surface area contributed by atoms with Crippen LogP contribution in [0.5, 0.6) is 0 Å². The minimum Gasteiger partial charge on any atom is -0.481 e. The van der Waals surface area contributed by atoms with Crippen molar-refractivity contribution in [1.29, 1.82) is 0 Å². The van der Waals surface area contributed by atoms with E-state index in [2.05, 4.69) is 32.2 Å². The largest absolute Gasteiger partial charge is 0.481 e. The molecule has 21 heavy (non-hydrogen) atoms. The molecule has 1 aliphatic carbocycles. The average Bonchev–Trinajstić information content (AvgIpc) is 2.82. The van der Waals surface area contributed by atoms with Gasteiger partial charge in [0.2, 0.25) is 0 Å². The van der Waals surface area contributed by atoms with Crippen molar-refractivity contribution in [3.05, 3.63) is 21.9 Å². The number of nitrogens with one attached hydrogen (secondary N) is 1. The van der Waals surface area contributed by atoms with Crippen molar-refractivity contribution in [2.24, 2.45) is 11.3 Å². The number of rotatable bonds is 5. The Hall–Kier alpha value is -0.870. The van der Waals surface area contributed by atoms with Gasteiger partial charge in [-0.2, -0.15) is 0 Å². The lowest BCUT2D eigenvalue weighted by Gasteiger charge is -2.41. The molecule has 1 aromatic heterocycles. The Morgan fingerprint density at radius 3 is 2.62 bits per heavy atom. The summed E-state index contributed by atoms with van der Waals surface area (Å²) in [5, 5.41) is 12.5. The van der Waals surface area contributed by atoms with Crippen LogP contribution in [0.1, 0.15) is 56.2 Å². The van der Waals surface area contributed by atoms with E-state index >= 15 is 0 Å². The molecule has 1 aliphatic rings. The molecule has 0 spiro atoms. The van der Waals surface area contributed by atoms with E-state index in [9.17, 15) is 4.79 Å². The molecule has 0 aromatic carbocycles. The van der Waals surface area contributed by atoms with Crippen molar-refractivity contribution in [1.82, 2.24) is 5.32 Å². The highest BCUT2D eigenvalue weighted by atomic mass is 32.1. The Morgan fingerprint density at radius 2 is 1.95 bits per heavy atom. The van der Waals surface area contributed by atoms with E-state index in [0.717, 1.165) is 17.3 Å². The Labute approximate surface area is 131 Å². The highest BCUT2D eigenvalue weighted by Crippen LogP contribution is 2.38. The first-order valence-electron chi connectivity index (χ1n) is 7.89. The Bertz CT molecular complexity index is 475. The quantitative estimate of drug-likeness (QED) is 0.862. The van der Waals surface area contributed by atoms with Gasteiger partial charge in [-0.3, -0.25) is 4.79 Å². The third kappa shape index (κ3) is 4.82. The molecule has 0 amide bonds. The number of carboxylic acid groups (broad SMARTS) is 1. The number of carboxylic acids is 1. The molecule has 0 saturated heterocycles. The van der Waals surface area contributed by atoms with Gasteiger partial charge in [0.05, 0.1) is 6.42 Å². The van der Waals surface area contributed by atoms with Crippen molar-refractivity contribution >= 4 is 17.3 Å². The van der Waals surface area contributed by atoms with Crippen LogP contribution in [0.25, 0.3) is 0 Å². The second-order valence-electron chi connectivity index (χ2n) is 7.18. The number of hydrogen-bond donors (Lipinski definition) is 2. The lowest BCUT2D eigenvalue weighted by molar-refractivity contribution is -0.136. The zero-order valence-corrected chi connectivity index (χ0v) is 14.1. The summed E-state index contributed by atoms with van der Waals surface area (Å²) in [5.41, 5.74) is 0.349. The molecule has 1 saturated carbocycles. The van der Waals surface area contributed by atoms with Crippen LogP contribution in [0.4, 0.5) is 0 Å². The monoisotopic (exact) mass is 309 g/mol. The van der Waals surface area contributed by atoms with Crippen molar-refractivity contribution in [2.45, 2.75) is 65.5 Å². The third-order valence-corrected chi connectivity index (χ3v) is 5.54. The van der Waals surface area contributed by atoms with E-state index in [-0.39, 0.29) is 6.42 Å². The SMILES string of the molecule is CC(C)(C)C1CCCCC1NCc1ccc(CC(=O)O)s1. The molecule has 0 bridgehead atoms. The van der Waals surface area contributed by atoms with Gasteiger partial charge in [-0.15, -0.1) is 11.3 Å². The molecule has 3 nitrogen and oxygen atoms in total. The van der Waals surface area contributed by atoms with Gasteiger partial charge in [-0.05, 0) is 36.3 Å². The number of aliphatic carboxylic acids is 1. The van der Waals surface area contributed by atoms with Crippen LogP contribution in [0.15, 0.2) is 12.1 Å². The normalized spacial score (nSPS) is 23.2. The Morgan fingerprint density at radius 1 is 1.29 bits per heavy atom. The van der Waals surface area contributed by atoms with Crippen LogP contribution in [-0.2, 0) is 17.8 Å². The molecular formula is C17H27NO2S. The van der Waals surface area contributed by atoms with E-state index in [1.807, 2.05) is 6.07 Å². The molecule has 2 rings (SSSR count). The van der Waals surface area contributed by atoms with Crippen LogP contribution in [0.3, 0.4) is 0 Å². The van der Waals surface area contributed by atoms with E-state index in [4.69, 9.17) is 5.11 Å². The van der Waals surface area contributed by atoms with Gasteiger partial charge >= 0.3 is 5.97 Å². The predicted octanol–water partition coefficient (Wildman–Crippen LogP) is 4.07. The second kappa shape index (κ2) is 6.93. The van der Waals surface area contributed by atoms with Gasteiger partial charge in [-0.25, -0.2) is 0 Å². The summed E-state index contributed by atoms with van der Waals surface area (Å²) in [6, 6.07) is 4.59. The van der Waals surface area contributed by atoms with E-state index in [0.29, 0.717) is 11.5 Å². The molecule has 2 atom stereocenters. The molecule has 0 radical (unpaired) electrons.